The highest BCUT2D eigenvalue weighted by Gasteiger charge is 2.11. The van der Waals surface area contributed by atoms with E-state index in [4.69, 9.17) is 4.74 Å². The summed E-state index contributed by atoms with van der Waals surface area (Å²) in [4.78, 5) is 15.1. The number of aromatic amines is 1. The van der Waals surface area contributed by atoms with Gasteiger partial charge in [0.1, 0.15) is 11.4 Å². The molecule has 0 bridgehead atoms. The lowest BCUT2D eigenvalue weighted by Gasteiger charge is -2.03. The molecule has 0 saturated heterocycles. The molecule has 3 aromatic rings. The zero-order valence-electron chi connectivity index (χ0n) is 11.6. The first kappa shape index (κ1) is 14.1. The van der Waals surface area contributed by atoms with Crippen LogP contribution < -0.4 is 10.1 Å². The van der Waals surface area contributed by atoms with Crippen LogP contribution in [0.25, 0.3) is 10.9 Å². The molecular weight excluding hydrogens is 290 g/mol. The average Bonchev–Trinajstić information content (AvgIpc) is 2.94. The van der Waals surface area contributed by atoms with Crippen molar-refractivity contribution < 1.29 is 18.3 Å². The molecular formula is C16H12F2N2O2. The number of amides is 1. The Morgan fingerprint density at radius 3 is 2.64 bits per heavy atom. The summed E-state index contributed by atoms with van der Waals surface area (Å²) in [5.74, 6) is -1.74. The highest BCUT2D eigenvalue weighted by atomic mass is 19.2. The molecule has 1 amide bonds. The number of halogens is 2. The van der Waals surface area contributed by atoms with Crippen LogP contribution in [0.3, 0.4) is 0 Å². The molecule has 4 nitrogen and oxygen atoms in total. The summed E-state index contributed by atoms with van der Waals surface area (Å²) in [6.07, 6.45) is 0. The van der Waals surface area contributed by atoms with Gasteiger partial charge in [-0.25, -0.2) is 8.78 Å². The number of H-pyrrole nitrogens is 1. The van der Waals surface area contributed by atoms with E-state index in [-0.39, 0.29) is 5.69 Å². The van der Waals surface area contributed by atoms with E-state index in [0.29, 0.717) is 11.4 Å². The first-order valence-electron chi connectivity index (χ1n) is 6.50. The Bertz CT molecular complexity index is 858. The summed E-state index contributed by atoms with van der Waals surface area (Å²) >= 11 is 0. The highest BCUT2D eigenvalue weighted by Crippen LogP contribution is 2.22. The summed E-state index contributed by atoms with van der Waals surface area (Å²) in [6, 6.07) is 10.2. The quantitative estimate of drug-likeness (QED) is 0.775. The molecule has 0 fully saturated rings. The fourth-order valence-electron chi connectivity index (χ4n) is 2.13. The van der Waals surface area contributed by atoms with Gasteiger partial charge in [-0.2, -0.15) is 0 Å². The van der Waals surface area contributed by atoms with Gasteiger partial charge in [0.2, 0.25) is 0 Å². The van der Waals surface area contributed by atoms with Crippen molar-refractivity contribution in [2.75, 3.05) is 12.4 Å². The number of aromatic nitrogens is 1. The molecule has 6 heteroatoms. The van der Waals surface area contributed by atoms with Gasteiger partial charge in [0.05, 0.1) is 7.11 Å². The van der Waals surface area contributed by atoms with Gasteiger partial charge in [-0.3, -0.25) is 4.79 Å². The molecule has 22 heavy (non-hydrogen) atoms. The molecule has 3 rings (SSSR count). The Hall–Kier alpha value is -2.89. The van der Waals surface area contributed by atoms with Crippen LogP contribution >= 0.6 is 0 Å². The van der Waals surface area contributed by atoms with Gasteiger partial charge in [0.15, 0.2) is 11.6 Å². The highest BCUT2D eigenvalue weighted by molar-refractivity contribution is 6.06. The summed E-state index contributed by atoms with van der Waals surface area (Å²) in [5.41, 5.74) is 1.27. The zero-order valence-corrected chi connectivity index (χ0v) is 11.6. The van der Waals surface area contributed by atoms with Crippen molar-refractivity contribution in [2.24, 2.45) is 0 Å². The predicted octanol–water partition coefficient (Wildman–Crippen LogP) is 3.71. The van der Waals surface area contributed by atoms with E-state index in [0.717, 1.165) is 23.0 Å². The monoisotopic (exact) mass is 302 g/mol. The van der Waals surface area contributed by atoms with Crippen molar-refractivity contribution in [1.29, 1.82) is 0 Å². The number of hydrogen-bond acceptors (Lipinski definition) is 2. The standard InChI is InChI=1S/C16H12F2N2O2/c1-22-11-3-5-14-9(6-11)7-15(20-14)16(21)19-10-2-4-12(17)13(18)8-10/h2-8,20H,1H3,(H,19,21). The van der Waals surface area contributed by atoms with Crippen molar-refractivity contribution in [3.05, 3.63) is 59.8 Å². The topological polar surface area (TPSA) is 54.1 Å². The van der Waals surface area contributed by atoms with Crippen LogP contribution in [0.4, 0.5) is 14.5 Å². The number of ether oxygens (including phenoxy) is 1. The number of fused-ring (bicyclic) bond motifs is 1. The van der Waals surface area contributed by atoms with E-state index < -0.39 is 17.5 Å². The third kappa shape index (κ3) is 2.63. The Morgan fingerprint density at radius 1 is 1.09 bits per heavy atom. The number of hydrogen-bond donors (Lipinski definition) is 2. The van der Waals surface area contributed by atoms with Gasteiger partial charge in [-0.15, -0.1) is 0 Å². The summed E-state index contributed by atoms with van der Waals surface area (Å²) < 4.78 is 31.1. The average molecular weight is 302 g/mol. The lowest BCUT2D eigenvalue weighted by Crippen LogP contribution is -2.12. The number of benzene rings is 2. The van der Waals surface area contributed by atoms with E-state index in [1.165, 1.54) is 6.07 Å². The maximum atomic E-state index is 13.1. The number of methoxy groups -OCH3 is 1. The Morgan fingerprint density at radius 2 is 1.91 bits per heavy atom. The van der Waals surface area contributed by atoms with E-state index >= 15 is 0 Å². The molecule has 1 heterocycles. The predicted molar refractivity (Wildman–Crippen MR) is 79.2 cm³/mol. The van der Waals surface area contributed by atoms with E-state index in [9.17, 15) is 13.6 Å². The van der Waals surface area contributed by atoms with Crippen molar-refractivity contribution in [2.45, 2.75) is 0 Å². The van der Waals surface area contributed by atoms with Crippen molar-refractivity contribution >= 4 is 22.5 Å². The normalized spacial score (nSPS) is 10.7. The minimum absolute atomic E-state index is 0.181. The summed E-state index contributed by atoms with van der Waals surface area (Å²) in [7, 11) is 1.56. The molecule has 1 aromatic heterocycles. The second-order valence-corrected chi connectivity index (χ2v) is 4.72. The molecule has 0 unspecified atom stereocenters. The van der Waals surface area contributed by atoms with Crippen LogP contribution in [-0.2, 0) is 0 Å². The Labute approximate surface area is 124 Å². The molecule has 0 aliphatic carbocycles. The maximum absolute atomic E-state index is 13.1. The second kappa shape index (κ2) is 5.48. The Kier molecular flexibility index (Phi) is 3.50. The van der Waals surface area contributed by atoms with Crippen molar-refractivity contribution in [1.82, 2.24) is 4.98 Å². The first-order chi connectivity index (χ1) is 10.6. The zero-order chi connectivity index (χ0) is 15.7. The first-order valence-corrected chi connectivity index (χ1v) is 6.50. The Balaban J connectivity index is 1.86. The molecule has 0 radical (unpaired) electrons. The van der Waals surface area contributed by atoms with Crippen LogP contribution in [0, 0.1) is 11.6 Å². The number of carbonyl (C=O) groups excluding carboxylic acids is 1. The maximum Gasteiger partial charge on any atom is 0.272 e. The van der Waals surface area contributed by atoms with Gasteiger partial charge in [0.25, 0.3) is 5.91 Å². The largest absolute Gasteiger partial charge is 0.497 e. The molecule has 0 aliphatic rings. The summed E-state index contributed by atoms with van der Waals surface area (Å²) in [6.45, 7) is 0. The molecule has 112 valence electrons. The molecule has 0 saturated carbocycles. The smallest absolute Gasteiger partial charge is 0.272 e. The third-order valence-corrected chi connectivity index (χ3v) is 3.25. The SMILES string of the molecule is COc1ccc2[nH]c(C(=O)Nc3ccc(F)c(F)c3)cc2c1. The van der Waals surface area contributed by atoms with Crippen LogP contribution in [0.2, 0.25) is 0 Å². The van der Waals surface area contributed by atoms with E-state index in [1.807, 2.05) is 0 Å². The van der Waals surface area contributed by atoms with Gasteiger partial charge < -0.3 is 15.0 Å². The van der Waals surface area contributed by atoms with Gasteiger partial charge in [-0.1, -0.05) is 0 Å². The number of rotatable bonds is 3. The fraction of sp³-hybridized carbons (Fsp3) is 0.0625. The number of anilines is 1. The minimum atomic E-state index is -1.01. The van der Waals surface area contributed by atoms with Gasteiger partial charge in [-0.05, 0) is 36.4 Å². The van der Waals surface area contributed by atoms with Crippen molar-refractivity contribution in [3.63, 3.8) is 0 Å². The minimum Gasteiger partial charge on any atom is -0.497 e. The second-order valence-electron chi connectivity index (χ2n) is 4.72. The molecule has 0 spiro atoms. The lowest BCUT2D eigenvalue weighted by atomic mass is 10.2. The van der Waals surface area contributed by atoms with Crippen LogP contribution in [0.5, 0.6) is 5.75 Å². The molecule has 2 aromatic carbocycles. The summed E-state index contributed by atoms with van der Waals surface area (Å²) in [5, 5.41) is 3.32. The van der Waals surface area contributed by atoms with E-state index in [1.54, 1.807) is 31.4 Å². The van der Waals surface area contributed by atoms with Gasteiger partial charge >= 0.3 is 0 Å². The van der Waals surface area contributed by atoms with E-state index in [2.05, 4.69) is 10.3 Å². The third-order valence-electron chi connectivity index (χ3n) is 3.25. The molecule has 0 aliphatic heterocycles. The van der Waals surface area contributed by atoms with Crippen LogP contribution in [-0.4, -0.2) is 18.0 Å². The lowest BCUT2D eigenvalue weighted by molar-refractivity contribution is 0.102. The van der Waals surface area contributed by atoms with Crippen LogP contribution in [0.15, 0.2) is 42.5 Å². The fourth-order valence-corrected chi connectivity index (χ4v) is 2.13. The number of nitrogens with one attached hydrogen (secondary N) is 2. The molecule has 2 N–H and O–H groups in total. The van der Waals surface area contributed by atoms with Crippen molar-refractivity contribution in [3.8, 4) is 5.75 Å². The van der Waals surface area contributed by atoms with Crippen LogP contribution in [0.1, 0.15) is 10.5 Å². The molecule has 0 atom stereocenters. The number of carbonyl (C=O) groups is 1. The van der Waals surface area contributed by atoms with Gasteiger partial charge in [0, 0.05) is 22.7 Å².